The molecule has 0 radical (unpaired) electrons. The fraction of sp³-hybridized carbons (Fsp3) is 0.130. The van der Waals surface area contributed by atoms with E-state index in [9.17, 15) is 9.59 Å². The number of carbonyl (C=O) groups is 2. The maximum absolute atomic E-state index is 12.6. The molecule has 0 saturated carbocycles. The van der Waals surface area contributed by atoms with Crippen LogP contribution in [0.15, 0.2) is 59.0 Å². The summed E-state index contributed by atoms with van der Waals surface area (Å²) in [6, 6.07) is 16.3. The van der Waals surface area contributed by atoms with Gasteiger partial charge in [0.2, 0.25) is 11.8 Å². The van der Waals surface area contributed by atoms with Crippen molar-refractivity contribution < 1.29 is 18.7 Å². The minimum absolute atomic E-state index is 0.0474. The van der Waals surface area contributed by atoms with Crippen LogP contribution in [0.5, 0.6) is 5.75 Å². The molecule has 3 aromatic carbocycles. The van der Waals surface area contributed by atoms with Crippen molar-refractivity contribution in [3.8, 4) is 5.75 Å². The van der Waals surface area contributed by atoms with Crippen LogP contribution in [0.25, 0.3) is 21.9 Å². The lowest BCUT2D eigenvalue weighted by atomic mass is 10.1. The Balaban J connectivity index is 1.54. The van der Waals surface area contributed by atoms with E-state index in [1.165, 1.54) is 6.92 Å². The molecular formula is C23H20ClN3O4. The molecule has 0 saturated heterocycles. The molecule has 0 aliphatic rings. The van der Waals surface area contributed by atoms with E-state index in [4.69, 9.17) is 20.8 Å². The van der Waals surface area contributed by atoms with Gasteiger partial charge in [0.05, 0.1) is 30.7 Å². The summed E-state index contributed by atoms with van der Waals surface area (Å²) in [6.45, 7) is 1.36. The van der Waals surface area contributed by atoms with Gasteiger partial charge in [-0.05, 0) is 30.3 Å². The van der Waals surface area contributed by atoms with Gasteiger partial charge in [0.25, 0.3) is 0 Å². The monoisotopic (exact) mass is 437 g/mol. The van der Waals surface area contributed by atoms with Crippen LogP contribution < -0.4 is 20.7 Å². The van der Waals surface area contributed by atoms with Gasteiger partial charge in [-0.1, -0.05) is 29.8 Å². The summed E-state index contributed by atoms with van der Waals surface area (Å²) in [6.07, 6.45) is 0. The number of para-hydroxylation sites is 1. The first-order chi connectivity index (χ1) is 14.9. The maximum atomic E-state index is 12.6. The van der Waals surface area contributed by atoms with Crippen LogP contribution in [-0.4, -0.2) is 25.5 Å². The summed E-state index contributed by atoms with van der Waals surface area (Å²) in [5.74, 6) is -0.00435. The normalized spacial score (nSPS) is 10.8. The number of benzene rings is 3. The third-order valence-corrected chi connectivity index (χ3v) is 4.94. The van der Waals surface area contributed by atoms with E-state index in [2.05, 4.69) is 16.0 Å². The zero-order valence-electron chi connectivity index (χ0n) is 16.9. The number of ether oxygens (including phenoxy) is 1. The largest absolute Gasteiger partial charge is 0.495 e. The molecule has 2 amide bonds. The minimum Gasteiger partial charge on any atom is -0.495 e. The van der Waals surface area contributed by atoms with Crippen LogP contribution >= 0.6 is 11.6 Å². The van der Waals surface area contributed by atoms with Gasteiger partial charge in [-0.2, -0.15) is 0 Å². The highest BCUT2D eigenvalue weighted by atomic mass is 35.5. The Bertz CT molecular complexity index is 1300. The van der Waals surface area contributed by atoms with Crippen molar-refractivity contribution in [3.63, 3.8) is 0 Å². The standard InChI is InChI=1S/C23H20ClN3O4/c1-13(28)26-17-8-7-14(24)9-18(17)25-12-23(29)27-19-11-21-16(10-22(19)30-2)15-5-3-4-6-20(15)31-21/h3-11,25H,12H2,1-2H3,(H,26,28)(H,27,29). The molecule has 1 aromatic heterocycles. The Morgan fingerprint density at radius 3 is 2.52 bits per heavy atom. The summed E-state index contributed by atoms with van der Waals surface area (Å²) in [5, 5.41) is 10.9. The number of halogens is 1. The van der Waals surface area contributed by atoms with E-state index >= 15 is 0 Å². The highest BCUT2D eigenvalue weighted by Gasteiger charge is 2.14. The topological polar surface area (TPSA) is 92.6 Å². The molecule has 4 rings (SSSR count). The highest BCUT2D eigenvalue weighted by molar-refractivity contribution is 6.31. The number of amides is 2. The number of furan rings is 1. The predicted molar refractivity (Wildman–Crippen MR) is 123 cm³/mol. The smallest absolute Gasteiger partial charge is 0.243 e. The van der Waals surface area contributed by atoms with Gasteiger partial charge in [0.15, 0.2) is 0 Å². The number of hydrogen-bond donors (Lipinski definition) is 3. The SMILES string of the molecule is COc1cc2c(cc1NC(=O)CNc1cc(Cl)ccc1NC(C)=O)oc1ccccc12. The van der Waals surface area contributed by atoms with E-state index in [1.54, 1.807) is 31.4 Å². The number of nitrogens with one attached hydrogen (secondary N) is 3. The summed E-state index contributed by atoms with van der Waals surface area (Å²) in [7, 11) is 1.54. The first kappa shape index (κ1) is 20.6. The molecule has 7 nitrogen and oxygen atoms in total. The summed E-state index contributed by atoms with van der Waals surface area (Å²) in [5.41, 5.74) is 2.97. The molecule has 0 unspecified atom stereocenters. The zero-order chi connectivity index (χ0) is 22.0. The van der Waals surface area contributed by atoms with Crippen LogP contribution in [0, 0.1) is 0 Å². The van der Waals surface area contributed by atoms with Crippen molar-refractivity contribution in [1.82, 2.24) is 0 Å². The third kappa shape index (κ3) is 4.41. The molecule has 158 valence electrons. The molecule has 8 heteroatoms. The van der Waals surface area contributed by atoms with Crippen LogP contribution in [0.4, 0.5) is 17.1 Å². The van der Waals surface area contributed by atoms with Crippen LogP contribution in [0.1, 0.15) is 6.92 Å². The number of hydrogen-bond acceptors (Lipinski definition) is 5. The Morgan fingerprint density at radius 1 is 0.935 bits per heavy atom. The van der Waals surface area contributed by atoms with Crippen LogP contribution in [0.2, 0.25) is 5.02 Å². The second-order valence-electron chi connectivity index (χ2n) is 6.92. The summed E-state index contributed by atoms with van der Waals surface area (Å²) < 4.78 is 11.4. The fourth-order valence-corrected chi connectivity index (χ4v) is 3.52. The zero-order valence-corrected chi connectivity index (χ0v) is 17.7. The Morgan fingerprint density at radius 2 is 1.74 bits per heavy atom. The van der Waals surface area contributed by atoms with Crippen molar-refractivity contribution in [2.75, 3.05) is 29.6 Å². The third-order valence-electron chi connectivity index (χ3n) is 4.70. The van der Waals surface area contributed by atoms with Crippen LogP contribution in [0.3, 0.4) is 0 Å². The lowest BCUT2D eigenvalue weighted by Gasteiger charge is -2.14. The quantitative estimate of drug-likeness (QED) is 0.382. The van der Waals surface area contributed by atoms with Crippen molar-refractivity contribution in [2.24, 2.45) is 0 Å². The van der Waals surface area contributed by atoms with Crippen molar-refractivity contribution in [3.05, 3.63) is 59.6 Å². The first-order valence-corrected chi connectivity index (χ1v) is 9.92. The van der Waals surface area contributed by atoms with Crippen LogP contribution in [-0.2, 0) is 9.59 Å². The minimum atomic E-state index is -0.303. The highest BCUT2D eigenvalue weighted by Crippen LogP contribution is 2.36. The van der Waals surface area contributed by atoms with Crippen molar-refractivity contribution >= 4 is 62.4 Å². The van der Waals surface area contributed by atoms with Crippen molar-refractivity contribution in [1.29, 1.82) is 0 Å². The molecule has 0 atom stereocenters. The van der Waals surface area contributed by atoms with Gasteiger partial charge in [0.1, 0.15) is 16.9 Å². The predicted octanol–water partition coefficient (Wildman–Crippen LogP) is 5.26. The Hall–Kier alpha value is -3.71. The number of methoxy groups -OCH3 is 1. The molecule has 1 heterocycles. The number of anilines is 3. The van der Waals surface area contributed by atoms with E-state index in [0.29, 0.717) is 33.4 Å². The lowest BCUT2D eigenvalue weighted by molar-refractivity contribution is -0.115. The van der Waals surface area contributed by atoms with Crippen molar-refractivity contribution in [2.45, 2.75) is 6.92 Å². The van der Waals surface area contributed by atoms with E-state index in [1.807, 2.05) is 30.3 Å². The van der Waals surface area contributed by atoms with Gasteiger partial charge in [-0.3, -0.25) is 9.59 Å². The fourth-order valence-electron chi connectivity index (χ4n) is 3.35. The molecule has 0 aliphatic heterocycles. The molecule has 4 aromatic rings. The molecule has 0 spiro atoms. The molecule has 0 aliphatic carbocycles. The number of carbonyl (C=O) groups excluding carboxylic acids is 2. The number of rotatable bonds is 6. The summed E-state index contributed by atoms with van der Waals surface area (Å²) >= 11 is 6.05. The van der Waals surface area contributed by atoms with Gasteiger partial charge in [-0.25, -0.2) is 0 Å². The molecule has 0 bridgehead atoms. The van der Waals surface area contributed by atoms with Gasteiger partial charge in [0, 0.05) is 28.8 Å². The lowest BCUT2D eigenvalue weighted by Crippen LogP contribution is -2.22. The Kier molecular flexibility index (Phi) is 5.68. The van der Waals surface area contributed by atoms with Gasteiger partial charge < -0.3 is 25.1 Å². The average molecular weight is 438 g/mol. The average Bonchev–Trinajstić information content (AvgIpc) is 3.10. The maximum Gasteiger partial charge on any atom is 0.243 e. The second kappa shape index (κ2) is 8.57. The molecular weight excluding hydrogens is 418 g/mol. The van der Waals surface area contributed by atoms with Gasteiger partial charge in [-0.15, -0.1) is 0 Å². The molecule has 3 N–H and O–H groups in total. The van der Waals surface area contributed by atoms with Gasteiger partial charge >= 0.3 is 0 Å². The first-order valence-electron chi connectivity index (χ1n) is 9.55. The molecule has 0 fully saturated rings. The van der Waals surface area contributed by atoms with E-state index < -0.39 is 0 Å². The summed E-state index contributed by atoms with van der Waals surface area (Å²) in [4.78, 5) is 24.0. The second-order valence-corrected chi connectivity index (χ2v) is 7.36. The van der Waals surface area contributed by atoms with E-state index in [0.717, 1.165) is 16.4 Å². The molecule has 31 heavy (non-hydrogen) atoms. The number of fused-ring (bicyclic) bond motifs is 3. The van der Waals surface area contributed by atoms with E-state index in [-0.39, 0.29) is 18.4 Å². The Labute approximate surface area is 183 Å².